The normalized spacial score (nSPS) is 38.6. The molecule has 190 valence electrons. The Morgan fingerprint density at radius 2 is 1.91 bits per heavy atom. The fourth-order valence-corrected chi connectivity index (χ4v) is 7.20. The molecule has 0 aromatic rings. The van der Waals surface area contributed by atoms with Gasteiger partial charge < -0.3 is 29.2 Å². The molecule has 0 unspecified atom stereocenters. The Balaban J connectivity index is 1.13. The Morgan fingerprint density at radius 3 is 2.62 bits per heavy atom. The van der Waals surface area contributed by atoms with Gasteiger partial charge in [-0.25, -0.2) is 4.79 Å². The van der Waals surface area contributed by atoms with E-state index >= 15 is 0 Å². The van der Waals surface area contributed by atoms with E-state index in [1.54, 1.807) is 4.90 Å². The number of carbonyl (C=O) groups is 2. The van der Waals surface area contributed by atoms with Crippen LogP contribution in [0.5, 0.6) is 0 Å². The summed E-state index contributed by atoms with van der Waals surface area (Å²) in [7, 11) is -0.328. The summed E-state index contributed by atoms with van der Waals surface area (Å²) in [6.07, 6.45) is 4.88. The largest absolute Gasteiger partial charge is 0.481 e. The van der Waals surface area contributed by atoms with E-state index in [-0.39, 0.29) is 49.4 Å². The second-order valence-electron chi connectivity index (χ2n) is 12.9. The molecule has 0 aromatic carbocycles. The van der Waals surface area contributed by atoms with Gasteiger partial charge in [-0.15, -0.1) is 0 Å². The molecule has 9 heteroatoms. The first-order valence-corrected chi connectivity index (χ1v) is 13.2. The first-order valence-electron chi connectivity index (χ1n) is 13.2. The molecule has 6 fully saturated rings. The molecule has 1 N–H and O–H groups in total. The molecule has 3 aliphatic carbocycles. The van der Waals surface area contributed by atoms with Crippen molar-refractivity contribution in [1.82, 2.24) is 15.1 Å². The van der Waals surface area contributed by atoms with Gasteiger partial charge in [-0.2, -0.15) is 0 Å². The van der Waals surface area contributed by atoms with Crippen LogP contribution < -0.4 is 5.32 Å². The van der Waals surface area contributed by atoms with E-state index in [1.807, 2.05) is 25.7 Å². The van der Waals surface area contributed by atoms with E-state index < -0.39 is 5.60 Å². The van der Waals surface area contributed by atoms with Gasteiger partial charge in [-0.05, 0) is 77.0 Å². The lowest BCUT2D eigenvalue weighted by atomic mass is 9.43. The Morgan fingerprint density at radius 1 is 1.15 bits per heavy atom. The third kappa shape index (κ3) is 4.15. The zero-order chi connectivity index (χ0) is 24.5. The molecule has 8 nitrogen and oxygen atoms in total. The minimum absolute atomic E-state index is 0.0149. The van der Waals surface area contributed by atoms with Gasteiger partial charge in [0.05, 0.1) is 24.2 Å². The van der Waals surface area contributed by atoms with E-state index in [9.17, 15) is 9.59 Å². The Labute approximate surface area is 204 Å². The van der Waals surface area contributed by atoms with Crippen molar-refractivity contribution in [1.29, 1.82) is 0 Å². The number of nitrogens with zero attached hydrogens (tertiary/aromatic N) is 2. The van der Waals surface area contributed by atoms with Crippen LogP contribution in [0.25, 0.3) is 0 Å². The molecule has 6 rings (SSSR count). The van der Waals surface area contributed by atoms with Crippen LogP contribution in [-0.2, 0) is 18.8 Å². The van der Waals surface area contributed by atoms with Crippen LogP contribution >= 0.6 is 0 Å². The summed E-state index contributed by atoms with van der Waals surface area (Å²) in [5, 5.41) is 3.38. The Hall–Kier alpha value is -1.32. The average molecular weight is 475 g/mol. The highest BCUT2D eigenvalue weighted by Gasteiger charge is 2.69. The predicted molar refractivity (Wildman–Crippen MR) is 129 cm³/mol. The second-order valence-corrected chi connectivity index (χ2v) is 12.9. The fourth-order valence-electron chi connectivity index (χ4n) is 7.20. The zero-order valence-corrected chi connectivity index (χ0v) is 21.8. The van der Waals surface area contributed by atoms with E-state index in [0.29, 0.717) is 24.4 Å². The highest BCUT2D eigenvalue weighted by atomic mass is 16.7. The minimum atomic E-state index is -0.502. The standard InChI is InChI=1S/C25H42BN3O5/c1-23(2,3)32-22(31)28-11-9-17(15-28)27-14-21(30)29-10-7-8-20(29)26-33-19-13-16-12-18(24(16,4)5)25(19,6)34-26/h16-20,27H,7-15H2,1-6H3/t16-,17+,18+,19+,20-,25-/m0/s1. The van der Waals surface area contributed by atoms with Crippen molar-refractivity contribution >= 4 is 19.1 Å². The molecule has 2 amide bonds. The van der Waals surface area contributed by atoms with Crippen molar-refractivity contribution in [2.75, 3.05) is 26.2 Å². The van der Waals surface area contributed by atoms with Crippen molar-refractivity contribution in [3.05, 3.63) is 0 Å². The van der Waals surface area contributed by atoms with Gasteiger partial charge in [0.15, 0.2) is 0 Å². The van der Waals surface area contributed by atoms with E-state index in [0.717, 1.165) is 38.1 Å². The van der Waals surface area contributed by atoms with Crippen LogP contribution in [0.1, 0.15) is 73.6 Å². The number of nitrogens with one attached hydrogen (secondary N) is 1. The first kappa shape index (κ1) is 24.4. The lowest BCUT2D eigenvalue weighted by molar-refractivity contribution is -0.199. The number of amides is 2. The minimum Gasteiger partial charge on any atom is -0.444 e. The maximum atomic E-state index is 13.2. The summed E-state index contributed by atoms with van der Waals surface area (Å²) in [5.41, 5.74) is -0.432. The molecule has 6 atom stereocenters. The second kappa shape index (κ2) is 8.37. The molecule has 3 saturated heterocycles. The molecule has 0 aromatic heterocycles. The number of likely N-dealkylation sites (tertiary alicyclic amines) is 2. The van der Waals surface area contributed by atoms with Gasteiger partial charge >= 0.3 is 13.2 Å². The molecule has 2 bridgehead atoms. The van der Waals surface area contributed by atoms with Gasteiger partial charge in [0.1, 0.15) is 5.60 Å². The van der Waals surface area contributed by atoms with Crippen LogP contribution in [0.15, 0.2) is 0 Å². The molecule has 3 heterocycles. The van der Waals surface area contributed by atoms with Crippen LogP contribution in [0, 0.1) is 17.3 Å². The van der Waals surface area contributed by atoms with Gasteiger partial charge in [-0.3, -0.25) is 4.79 Å². The quantitative estimate of drug-likeness (QED) is 0.630. The molecule has 3 aliphatic heterocycles. The summed E-state index contributed by atoms with van der Waals surface area (Å²) >= 11 is 0. The van der Waals surface area contributed by atoms with E-state index in [4.69, 9.17) is 14.0 Å². The molecule has 0 radical (unpaired) electrons. The van der Waals surface area contributed by atoms with Gasteiger partial charge in [0.2, 0.25) is 5.91 Å². The monoisotopic (exact) mass is 475 g/mol. The van der Waals surface area contributed by atoms with Crippen molar-refractivity contribution in [2.24, 2.45) is 17.3 Å². The topological polar surface area (TPSA) is 80.3 Å². The number of ether oxygens (including phenoxy) is 1. The van der Waals surface area contributed by atoms with Crippen LogP contribution in [0.3, 0.4) is 0 Å². The first-order chi connectivity index (χ1) is 15.9. The highest BCUT2D eigenvalue weighted by Crippen LogP contribution is 2.65. The summed E-state index contributed by atoms with van der Waals surface area (Å²) in [5.74, 6) is 1.32. The molecule has 34 heavy (non-hydrogen) atoms. The third-order valence-corrected chi connectivity index (χ3v) is 9.28. The number of hydrogen-bond donors (Lipinski definition) is 1. The smallest absolute Gasteiger partial charge is 0.444 e. The van der Waals surface area contributed by atoms with E-state index in [1.165, 1.54) is 6.42 Å². The maximum absolute atomic E-state index is 13.2. The number of hydrogen-bond acceptors (Lipinski definition) is 6. The van der Waals surface area contributed by atoms with E-state index in [2.05, 4.69) is 26.1 Å². The SMILES string of the molecule is CC(C)(C)OC(=O)N1CC[C@@H](NCC(=O)N2CCC[C@H]2B2O[C@@H]3C[C@@H]4C[C@H](C4(C)C)[C@]3(C)O2)C1. The lowest BCUT2D eigenvalue weighted by Crippen LogP contribution is -2.65. The Bertz CT molecular complexity index is 832. The summed E-state index contributed by atoms with van der Waals surface area (Å²) < 4.78 is 18.6. The van der Waals surface area contributed by atoms with Crippen molar-refractivity contribution in [3.63, 3.8) is 0 Å². The number of carbonyl (C=O) groups excluding carboxylic acids is 2. The van der Waals surface area contributed by atoms with Crippen molar-refractivity contribution in [2.45, 2.75) is 103 Å². The predicted octanol–water partition coefficient (Wildman–Crippen LogP) is 2.84. The van der Waals surface area contributed by atoms with Crippen molar-refractivity contribution in [3.8, 4) is 0 Å². The molecule has 0 spiro atoms. The van der Waals surface area contributed by atoms with Gasteiger partial charge in [-0.1, -0.05) is 13.8 Å². The van der Waals surface area contributed by atoms with Crippen LogP contribution in [0.2, 0.25) is 0 Å². The van der Waals surface area contributed by atoms with Crippen LogP contribution in [0.4, 0.5) is 4.79 Å². The zero-order valence-electron chi connectivity index (χ0n) is 21.8. The number of rotatable bonds is 4. The Kier molecular flexibility index (Phi) is 6.01. The molecular weight excluding hydrogens is 433 g/mol. The lowest BCUT2D eigenvalue weighted by Gasteiger charge is -2.64. The molecule has 3 saturated carbocycles. The third-order valence-electron chi connectivity index (χ3n) is 9.28. The van der Waals surface area contributed by atoms with Gasteiger partial charge in [0, 0.05) is 25.7 Å². The summed E-state index contributed by atoms with van der Waals surface area (Å²) in [6, 6.07) is 0.104. The summed E-state index contributed by atoms with van der Waals surface area (Å²) in [4.78, 5) is 29.2. The molecule has 6 aliphatic rings. The highest BCUT2D eigenvalue weighted by molar-refractivity contribution is 6.48. The fraction of sp³-hybridized carbons (Fsp3) is 0.920. The van der Waals surface area contributed by atoms with Gasteiger partial charge in [0.25, 0.3) is 0 Å². The average Bonchev–Trinajstić information content (AvgIpc) is 3.47. The molecular formula is C25H42BN3O5. The van der Waals surface area contributed by atoms with Crippen LogP contribution in [-0.4, -0.2) is 84.4 Å². The summed E-state index contributed by atoms with van der Waals surface area (Å²) in [6.45, 7) is 14.8. The van der Waals surface area contributed by atoms with Crippen molar-refractivity contribution < 1.29 is 23.6 Å². The maximum Gasteiger partial charge on any atom is 0.481 e.